The van der Waals surface area contributed by atoms with Crippen molar-refractivity contribution in [1.82, 2.24) is 0 Å². The molecule has 0 fully saturated rings. The molecule has 1 aliphatic rings. The second-order valence-electron chi connectivity index (χ2n) is 5.55. The van der Waals surface area contributed by atoms with Gasteiger partial charge in [-0.05, 0) is 61.8 Å². The average Bonchev–Trinajstić information content (AvgIpc) is 2.37. The van der Waals surface area contributed by atoms with Gasteiger partial charge in [-0.1, -0.05) is 13.0 Å². The molecule has 1 aromatic rings. The highest BCUT2D eigenvalue weighted by molar-refractivity contribution is 5.70. The molecule has 1 aromatic carbocycles. The van der Waals surface area contributed by atoms with Crippen molar-refractivity contribution in [3.63, 3.8) is 0 Å². The van der Waals surface area contributed by atoms with Crippen LogP contribution in [0.15, 0.2) is 18.2 Å². The number of carbonyl (C=O) groups excluding carboxylic acids is 1. The summed E-state index contributed by atoms with van der Waals surface area (Å²) in [5.74, 6) is 0.331. The summed E-state index contributed by atoms with van der Waals surface area (Å²) in [6, 6.07) is 6.11. The van der Waals surface area contributed by atoms with Crippen LogP contribution < -0.4 is 5.73 Å². The first kappa shape index (κ1) is 13.9. The fourth-order valence-corrected chi connectivity index (χ4v) is 2.62. The maximum atomic E-state index is 11.8. The van der Waals surface area contributed by atoms with Crippen molar-refractivity contribution in [3.05, 3.63) is 29.3 Å². The van der Waals surface area contributed by atoms with E-state index in [1.165, 1.54) is 11.1 Å². The summed E-state index contributed by atoms with van der Waals surface area (Å²) >= 11 is 0. The normalized spacial score (nSPS) is 19.6. The van der Waals surface area contributed by atoms with E-state index in [9.17, 15) is 4.79 Å². The average molecular weight is 261 g/mol. The van der Waals surface area contributed by atoms with E-state index >= 15 is 0 Å². The van der Waals surface area contributed by atoms with E-state index in [4.69, 9.17) is 10.5 Å². The Labute approximate surface area is 115 Å². The number of nitrogens with two attached hydrogens (primary N) is 1. The molecule has 0 radical (unpaired) electrons. The molecule has 19 heavy (non-hydrogen) atoms. The predicted octanol–water partition coefficient (Wildman–Crippen LogP) is 3.11. The van der Waals surface area contributed by atoms with Crippen molar-refractivity contribution in [2.45, 2.75) is 52.1 Å². The molecule has 2 unspecified atom stereocenters. The van der Waals surface area contributed by atoms with Crippen LogP contribution in [0, 0.1) is 5.92 Å². The van der Waals surface area contributed by atoms with Gasteiger partial charge in [0.2, 0.25) is 0 Å². The number of carbonyl (C=O) groups is 1. The third kappa shape index (κ3) is 3.72. The third-order valence-electron chi connectivity index (χ3n) is 3.92. The minimum absolute atomic E-state index is 0.0269. The van der Waals surface area contributed by atoms with Crippen LogP contribution in [0.25, 0.3) is 0 Å². The summed E-state index contributed by atoms with van der Waals surface area (Å²) < 4.78 is 5.35. The van der Waals surface area contributed by atoms with Gasteiger partial charge in [0.05, 0.1) is 6.10 Å². The molecule has 2 rings (SSSR count). The van der Waals surface area contributed by atoms with Crippen LogP contribution in [0.5, 0.6) is 0 Å². The van der Waals surface area contributed by atoms with Gasteiger partial charge >= 0.3 is 5.97 Å². The van der Waals surface area contributed by atoms with E-state index < -0.39 is 0 Å². The second kappa shape index (κ2) is 6.09. The maximum absolute atomic E-state index is 11.8. The SMILES string of the molecule is CCC(C)OC(=O)CC1CCc2ccc(N)cc2C1. The molecule has 0 saturated carbocycles. The highest BCUT2D eigenvalue weighted by Gasteiger charge is 2.22. The van der Waals surface area contributed by atoms with Gasteiger partial charge in [0.15, 0.2) is 0 Å². The largest absolute Gasteiger partial charge is 0.463 e. The van der Waals surface area contributed by atoms with Crippen molar-refractivity contribution in [2.24, 2.45) is 5.92 Å². The van der Waals surface area contributed by atoms with E-state index in [1.807, 2.05) is 26.0 Å². The molecule has 0 bridgehead atoms. The Kier molecular flexibility index (Phi) is 4.46. The summed E-state index contributed by atoms with van der Waals surface area (Å²) in [5, 5.41) is 0. The molecule has 0 heterocycles. The molecule has 2 N–H and O–H groups in total. The first-order chi connectivity index (χ1) is 9.08. The first-order valence-electron chi connectivity index (χ1n) is 7.15. The standard InChI is InChI=1S/C16H23NO2/c1-3-11(2)19-16(18)9-12-4-5-13-6-7-15(17)10-14(13)8-12/h6-7,10-12H,3-5,8-9,17H2,1-2H3. The van der Waals surface area contributed by atoms with Crippen molar-refractivity contribution in [1.29, 1.82) is 0 Å². The topological polar surface area (TPSA) is 52.3 Å². The van der Waals surface area contributed by atoms with E-state index in [-0.39, 0.29) is 12.1 Å². The van der Waals surface area contributed by atoms with E-state index in [0.29, 0.717) is 12.3 Å². The Hall–Kier alpha value is -1.51. The zero-order valence-electron chi connectivity index (χ0n) is 11.8. The molecule has 2 atom stereocenters. The fraction of sp³-hybridized carbons (Fsp3) is 0.562. The highest BCUT2D eigenvalue weighted by Crippen LogP contribution is 2.29. The molecule has 0 amide bonds. The molecule has 0 saturated heterocycles. The number of hydrogen-bond acceptors (Lipinski definition) is 3. The van der Waals surface area contributed by atoms with Crippen LogP contribution in [-0.2, 0) is 22.4 Å². The lowest BCUT2D eigenvalue weighted by atomic mass is 9.82. The molecule has 3 heteroatoms. The lowest BCUT2D eigenvalue weighted by Crippen LogP contribution is -2.21. The molecule has 3 nitrogen and oxygen atoms in total. The zero-order valence-corrected chi connectivity index (χ0v) is 11.8. The molecule has 1 aliphatic carbocycles. The molecular weight excluding hydrogens is 238 g/mol. The summed E-state index contributed by atoms with van der Waals surface area (Å²) in [6.07, 6.45) is 4.47. The maximum Gasteiger partial charge on any atom is 0.306 e. The Bertz CT molecular complexity index is 456. The molecule has 0 spiro atoms. The number of esters is 1. The minimum Gasteiger partial charge on any atom is -0.463 e. The second-order valence-corrected chi connectivity index (χ2v) is 5.55. The van der Waals surface area contributed by atoms with Gasteiger partial charge < -0.3 is 10.5 Å². The van der Waals surface area contributed by atoms with Gasteiger partial charge in [-0.2, -0.15) is 0 Å². The fourth-order valence-electron chi connectivity index (χ4n) is 2.62. The first-order valence-corrected chi connectivity index (χ1v) is 7.15. The van der Waals surface area contributed by atoms with E-state index in [2.05, 4.69) is 6.07 Å². The highest BCUT2D eigenvalue weighted by atomic mass is 16.5. The monoisotopic (exact) mass is 261 g/mol. The van der Waals surface area contributed by atoms with Gasteiger partial charge in [-0.15, -0.1) is 0 Å². The van der Waals surface area contributed by atoms with Gasteiger partial charge in [-0.3, -0.25) is 4.79 Å². The number of ether oxygens (including phenoxy) is 1. The summed E-state index contributed by atoms with van der Waals surface area (Å²) in [5.41, 5.74) is 9.30. The van der Waals surface area contributed by atoms with Gasteiger partial charge in [0, 0.05) is 12.1 Å². The molecule has 104 valence electrons. The number of hydrogen-bond donors (Lipinski definition) is 1. The minimum atomic E-state index is -0.0632. The van der Waals surface area contributed by atoms with Crippen molar-refractivity contribution >= 4 is 11.7 Å². The predicted molar refractivity (Wildman–Crippen MR) is 76.8 cm³/mol. The van der Waals surface area contributed by atoms with E-state index in [0.717, 1.165) is 31.4 Å². The number of aryl methyl sites for hydroxylation is 1. The van der Waals surface area contributed by atoms with E-state index in [1.54, 1.807) is 0 Å². The quantitative estimate of drug-likeness (QED) is 0.669. The van der Waals surface area contributed by atoms with Crippen molar-refractivity contribution in [2.75, 3.05) is 5.73 Å². The van der Waals surface area contributed by atoms with Crippen LogP contribution in [0.2, 0.25) is 0 Å². The number of fused-ring (bicyclic) bond motifs is 1. The molecule has 0 aromatic heterocycles. The van der Waals surface area contributed by atoms with Crippen LogP contribution in [0.4, 0.5) is 5.69 Å². The van der Waals surface area contributed by atoms with Crippen LogP contribution >= 0.6 is 0 Å². The Morgan fingerprint density at radius 2 is 2.26 bits per heavy atom. The van der Waals surface area contributed by atoms with Crippen LogP contribution in [-0.4, -0.2) is 12.1 Å². The Morgan fingerprint density at radius 1 is 1.47 bits per heavy atom. The lowest BCUT2D eigenvalue weighted by Gasteiger charge is -2.24. The molecular formula is C16H23NO2. The number of benzene rings is 1. The van der Waals surface area contributed by atoms with Crippen molar-refractivity contribution in [3.8, 4) is 0 Å². The Balaban J connectivity index is 1.93. The summed E-state index contributed by atoms with van der Waals surface area (Å²) in [7, 11) is 0. The summed E-state index contributed by atoms with van der Waals surface area (Å²) in [4.78, 5) is 11.8. The number of rotatable bonds is 4. The van der Waals surface area contributed by atoms with Crippen molar-refractivity contribution < 1.29 is 9.53 Å². The van der Waals surface area contributed by atoms with Gasteiger partial charge in [0.1, 0.15) is 0 Å². The third-order valence-corrected chi connectivity index (χ3v) is 3.92. The van der Waals surface area contributed by atoms with Gasteiger partial charge in [-0.25, -0.2) is 0 Å². The summed E-state index contributed by atoms with van der Waals surface area (Å²) in [6.45, 7) is 3.96. The lowest BCUT2D eigenvalue weighted by molar-refractivity contribution is -0.149. The smallest absolute Gasteiger partial charge is 0.306 e. The number of anilines is 1. The molecule has 0 aliphatic heterocycles. The van der Waals surface area contributed by atoms with Crippen LogP contribution in [0.1, 0.15) is 44.2 Å². The zero-order chi connectivity index (χ0) is 13.8. The number of nitrogen functional groups attached to an aromatic ring is 1. The van der Waals surface area contributed by atoms with Crippen LogP contribution in [0.3, 0.4) is 0 Å². The van der Waals surface area contributed by atoms with Gasteiger partial charge in [0.25, 0.3) is 0 Å². The Morgan fingerprint density at radius 3 is 3.00 bits per heavy atom.